The van der Waals surface area contributed by atoms with Crippen LogP contribution in [0.25, 0.3) is 0 Å². The van der Waals surface area contributed by atoms with Gasteiger partial charge in [-0.3, -0.25) is 15.2 Å². The Labute approximate surface area is 114 Å². The van der Waals surface area contributed by atoms with Gasteiger partial charge >= 0.3 is 0 Å². The summed E-state index contributed by atoms with van der Waals surface area (Å²) in [5.41, 5.74) is 5.88. The third-order valence-corrected chi connectivity index (χ3v) is 3.91. The molecule has 0 bridgehead atoms. The zero-order chi connectivity index (χ0) is 13.8. The Hall–Kier alpha value is -1.96. The highest BCUT2D eigenvalue weighted by molar-refractivity contribution is 7.15. The van der Waals surface area contributed by atoms with E-state index in [1.54, 1.807) is 0 Å². The molecule has 4 N–H and O–H groups in total. The molecule has 8 heteroatoms. The summed E-state index contributed by atoms with van der Waals surface area (Å²) in [6.45, 7) is 4.22. The number of H-pyrrole nitrogens is 1. The third kappa shape index (κ3) is 2.90. The molecule has 2 rings (SSSR count). The lowest BCUT2D eigenvalue weighted by atomic mass is 10.1. The maximum absolute atomic E-state index is 11.9. The van der Waals surface area contributed by atoms with E-state index in [4.69, 9.17) is 5.73 Å². The van der Waals surface area contributed by atoms with E-state index < -0.39 is 0 Å². The van der Waals surface area contributed by atoms with Crippen molar-refractivity contribution in [3.63, 3.8) is 0 Å². The number of aromatic nitrogens is 4. The first-order chi connectivity index (χ1) is 9.15. The highest BCUT2D eigenvalue weighted by Crippen LogP contribution is 2.28. The van der Waals surface area contributed by atoms with E-state index in [9.17, 15) is 4.79 Å². The second kappa shape index (κ2) is 5.79. The summed E-state index contributed by atoms with van der Waals surface area (Å²) in [6, 6.07) is 0. The molecule has 0 fully saturated rings. The molecule has 1 amide bonds. The van der Waals surface area contributed by atoms with Crippen molar-refractivity contribution in [2.45, 2.75) is 32.6 Å². The Bertz CT molecular complexity index is 559. The molecule has 0 saturated heterocycles. The topological polar surface area (TPSA) is 110 Å². The van der Waals surface area contributed by atoms with Gasteiger partial charge in [-0.15, -0.1) is 10.2 Å². The van der Waals surface area contributed by atoms with Gasteiger partial charge < -0.3 is 5.73 Å². The molecule has 2 heterocycles. The van der Waals surface area contributed by atoms with Crippen molar-refractivity contribution in [1.29, 1.82) is 0 Å². The van der Waals surface area contributed by atoms with E-state index in [-0.39, 0.29) is 11.7 Å². The summed E-state index contributed by atoms with van der Waals surface area (Å²) in [5, 5.41) is 18.4. The predicted molar refractivity (Wildman–Crippen MR) is 74.2 cm³/mol. The Morgan fingerprint density at radius 2 is 2.21 bits per heavy atom. The number of amides is 1. The summed E-state index contributed by atoms with van der Waals surface area (Å²) >= 11 is 1.40. The molecule has 0 aliphatic heterocycles. The molecule has 0 saturated carbocycles. The molecular weight excluding hydrogens is 264 g/mol. The maximum atomic E-state index is 11.9. The second-order valence-electron chi connectivity index (χ2n) is 4.11. The summed E-state index contributed by atoms with van der Waals surface area (Å²) < 4.78 is 0. The van der Waals surface area contributed by atoms with Gasteiger partial charge in [0, 0.05) is 5.92 Å². The van der Waals surface area contributed by atoms with E-state index in [1.165, 1.54) is 17.5 Å². The van der Waals surface area contributed by atoms with Crippen molar-refractivity contribution in [3.8, 4) is 0 Å². The van der Waals surface area contributed by atoms with Crippen LogP contribution in [0.4, 0.5) is 10.9 Å². The van der Waals surface area contributed by atoms with Crippen molar-refractivity contribution in [3.05, 3.63) is 16.8 Å². The molecule has 0 spiro atoms. The van der Waals surface area contributed by atoms with Gasteiger partial charge in [-0.05, 0) is 12.8 Å². The molecule has 0 aromatic carbocycles. The number of hydrogen-bond donors (Lipinski definition) is 3. The van der Waals surface area contributed by atoms with Crippen LogP contribution < -0.4 is 11.1 Å². The van der Waals surface area contributed by atoms with Crippen molar-refractivity contribution in [1.82, 2.24) is 20.4 Å². The molecule has 0 radical (unpaired) electrons. The summed E-state index contributed by atoms with van der Waals surface area (Å²) in [6.07, 6.45) is 3.40. The molecule has 0 aliphatic carbocycles. The fourth-order valence-corrected chi connectivity index (χ4v) is 2.73. The van der Waals surface area contributed by atoms with E-state index in [2.05, 4.69) is 39.6 Å². The number of nitrogens with two attached hydrogens (primary N) is 1. The van der Waals surface area contributed by atoms with Crippen molar-refractivity contribution in [2.75, 3.05) is 11.1 Å². The highest BCUT2D eigenvalue weighted by atomic mass is 32.1. The molecule has 0 aliphatic rings. The molecule has 7 nitrogen and oxygen atoms in total. The number of rotatable bonds is 5. The largest absolute Gasteiger partial charge is 0.383 e. The van der Waals surface area contributed by atoms with Crippen molar-refractivity contribution in [2.24, 2.45) is 0 Å². The summed E-state index contributed by atoms with van der Waals surface area (Å²) in [5.74, 6) is 0.294. The zero-order valence-electron chi connectivity index (χ0n) is 10.8. The third-order valence-electron chi connectivity index (χ3n) is 2.91. The Balaban J connectivity index is 2.08. The number of carbonyl (C=O) groups excluding carboxylic acids is 1. The minimum absolute atomic E-state index is 0.238. The number of hydrogen-bond acceptors (Lipinski definition) is 6. The van der Waals surface area contributed by atoms with E-state index in [1.807, 2.05) is 0 Å². The minimum atomic E-state index is -0.335. The van der Waals surface area contributed by atoms with Gasteiger partial charge in [-0.2, -0.15) is 5.10 Å². The van der Waals surface area contributed by atoms with Gasteiger partial charge in [0.1, 0.15) is 16.4 Å². The predicted octanol–water partition coefficient (Wildman–Crippen LogP) is 2.00. The van der Waals surface area contributed by atoms with Gasteiger partial charge in [0.2, 0.25) is 5.13 Å². The smallest absolute Gasteiger partial charge is 0.262 e. The summed E-state index contributed by atoms with van der Waals surface area (Å²) in [7, 11) is 0. The average Bonchev–Trinajstić information content (AvgIpc) is 3.00. The Kier molecular flexibility index (Phi) is 4.10. The number of aromatic amines is 1. The second-order valence-corrected chi connectivity index (χ2v) is 5.12. The first kappa shape index (κ1) is 13.5. The van der Waals surface area contributed by atoms with Crippen LogP contribution in [-0.2, 0) is 0 Å². The SMILES string of the molecule is CCC(CC)c1nnc(NC(=O)c2cn[nH]c2N)s1. The van der Waals surface area contributed by atoms with Gasteiger partial charge in [0.05, 0.1) is 6.20 Å². The first-order valence-electron chi connectivity index (χ1n) is 6.09. The van der Waals surface area contributed by atoms with Gasteiger partial charge in [0.25, 0.3) is 5.91 Å². The molecule has 0 unspecified atom stereocenters. The van der Waals surface area contributed by atoms with Crippen molar-refractivity contribution < 1.29 is 4.79 Å². The first-order valence-corrected chi connectivity index (χ1v) is 6.90. The number of carbonyl (C=O) groups is 1. The molecule has 0 atom stereocenters. The van der Waals surface area contributed by atoms with Crippen LogP contribution in [0.15, 0.2) is 6.20 Å². The van der Waals surface area contributed by atoms with Gasteiger partial charge in [0.15, 0.2) is 0 Å². The molecule has 2 aromatic rings. The molecule has 2 aromatic heterocycles. The lowest BCUT2D eigenvalue weighted by Gasteiger charge is -2.05. The van der Waals surface area contributed by atoms with Gasteiger partial charge in [-0.25, -0.2) is 0 Å². The Morgan fingerprint density at radius 3 is 2.79 bits per heavy atom. The molecular formula is C11H16N6OS. The van der Waals surface area contributed by atoms with Crippen LogP contribution in [0.1, 0.15) is 48.0 Å². The van der Waals surface area contributed by atoms with Crippen LogP contribution in [0.5, 0.6) is 0 Å². The van der Waals surface area contributed by atoms with Crippen LogP contribution >= 0.6 is 11.3 Å². The number of nitrogens with one attached hydrogen (secondary N) is 2. The fraction of sp³-hybridized carbons (Fsp3) is 0.455. The van der Waals surface area contributed by atoms with Crippen LogP contribution in [0.3, 0.4) is 0 Å². The molecule has 102 valence electrons. The fourth-order valence-electron chi connectivity index (χ4n) is 1.73. The maximum Gasteiger partial charge on any atom is 0.262 e. The van der Waals surface area contributed by atoms with Crippen LogP contribution in [0, 0.1) is 0 Å². The zero-order valence-corrected chi connectivity index (χ0v) is 11.6. The number of nitrogen functional groups attached to an aromatic ring is 1. The van der Waals surface area contributed by atoms with Crippen LogP contribution in [0.2, 0.25) is 0 Å². The molecule has 19 heavy (non-hydrogen) atoms. The normalized spacial score (nSPS) is 10.9. The summed E-state index contributed by atoms with van der Waals surface area (Å²) in [4.78, 5) is 11.9. The van der Waals surface area contributed by atoms with E-state index in [0.717, 1.165) is 17.8 Å². The van der Waals surface area contributed by atoms with E-state index >= 15 is 0 Å². The lowest BCUT2D eigenvalue weighted by molar-refractivity contribution is 0.102. The standard InChI is InChI=1S/C11H16N6OS/c1-3-6(4-2)10-16-17-11(19-10)14-9(18)7-5-13-15-8(7)12/h5-6H,3-4H2,1-2H3,(H3,12,13,15)(H,14,17,18). The average molecular weight is 280 g/mol. The quantitative estimate of drug-likeness (QED) is 0.776. The minimum Gasteiger partial charge on any atom is -0.383 e. The number of nitrogens with zero attached hydrogens (tertiary/aromatic N) is 3. The van der Waals surface area contributed by atoms with Gasteiger partial charge in [-0.1, -0.05) is 25.2 Å². The number of anilines is 2. The Morgan fingerprint density at radius 1 is 1.47 bits per heavy atom. The van der Waals surface area contributed by atoms with Crippen LogP contribution in [-0.4, -0.2) is 26.3 Å². The highest BCUT2D eigenvalue weighted by Gasteiger charge is 2.17. The lowest BCUT2D eigenvalue weighted by Crippen LogP contribution is -2.12. The van der Waals surface area contributed by atoms with E-state index in [0.29, 0.717) is 16.6 Å². The monoisotopic (exact) mass is 280 g/mol. The van der Waals surface area contributed by atoms with Crippen molar-refractivity contribution >= 4 is 28.2 Å².